The van der Waals surface area contributed by atoms with E-state index in [0.717, 1.165) is 19.3 Å². The maximum atomic E-state index is 13.6. The van der Waals surface area contributed by atoms with E-state index in [1.165, 1.54) is 0 Å². The summed E-state index contributed by atoms with van der Waals surface area (Å²) in [6, 6.07) is 0.633. The molecule has 0 aliphatic rings. The fourth-order valence-corrected chi connectivity index (χ4v) is 3.88. The van der Waals surface area contributed by atoms with Gasteiger partial charge in [-0.25, -0.2) is 27.3 Å². The van der Waals surface area contributed by atoms with Crippen molar-refractivity contribution in [3.8, 4) is 5.75 Å². The lowest BCUT2D eigenvalue weighted by Crippen LogP contribution is -2.31. The molecular formula is C24H28F5N4O2+. The summed E-state index contributed by atoms with van der Waals surface area (Å²) in [5.74, 6) is -13.6. The number of hydrogen-bond acceptors (Lipinski definition) is 3. The van der Waals surface area contributed by atoms with E-state index in [1.54, 1.807) is 6.20 Å². The van der Waals surface area contributed by atoms with Gasteiger partial charge in [0.05, 0.1) is 18.9 Å². The van der Waals surface area contributed by atoms with Gasteiger partial charge in [0, 0.05) is 31.3 Å². The highest BCUT2D eigenvalue weighted by atomic mass is 19.2. The lowest BCUT2D eigenvalue weighted by molar-refractivity contribution is -0.697. The van der Waals surface area contributed by atoms with E-state index in [-0.39, 0.29) is 12.5 Å². The minimum Gasteiger partial charge on any atom is -0.420 e. The first-order chi connectivity index (χ1) is 16.7. The van der Waals surface area contributed by atoms with Crippen LogP contribution in [0.15, 0.2) is 37.4 Å². The van der Waals surface area contributed by atoms with Crippen LogP contribution in [0, 0.1) is 29.1 Å². The third kappa shape index (κ3) is 6.46. The van der Waals surface area contributed by atoms with Gasteiger partial charge in [0.25, 0.3) is 0 Å². The summed E-state index contributed by atoms with van der Waals surface area (Å²) in [6.07, 6.45) is 15.0. The second-order valence-electron chi connectivity index (χ2n) is 8.44. The molecule has 2 unspecified atom stereocenters. The highest BCUT2D eigenvalue weighted by Gasteiger charge is 2.28. The van der Waals surface area contributed by atoms with Gasteiger partial charge < -0.3 is 9.30 Å². The van der Waals surface area contributed by atoms with Crippen molar-refractivity contribution in [3.63, 3.8) is 0 Å². The molecule has 3 rings (SSSR count). The number of nitrogens with zero attached hydrogens (tertiary/aromatic N) is 4. The molecule has 2 heterocycles. The van der Waals surface area contributed by atoms with Gasteiger partial charge in [-0.15, -0.1) is 0 Å². The van der Waals surface area contributed by atoms with Crippen molar-refractivity contribution in [2.45, 2.75) is 71.0 Å². The number of benzene rings is 1. The molecule has 0 N–H and O–H groups in total. The van der Waals surface area contributed by atoms with Crippen LogP contribution in [0.3, 0.4) is 0 Å². The second-order valence-corrected chi connectivity index (χ2v) is 8.44. The minimum atomic E-state index is -2.30. The molecule has 6 nitrogen and oxygen atoms in total. The first-order valence-electron chi connectivity index (χ1n) is 11.5. The SMILES string of the molecule is CCC(CC(C)n1cc[n+](CCCCCC(=O)Oc2c(F)c(F)c(F)c(F)c2F)c1)n1ccnc1. The summed E-state index contributed by atoms with van der Waals surface area (Å²) in [7, 11) is 0. The van der Waals surface area contributed by atoms with Gasteiger partial charge in [-0.1, -0.05) is 6.92 Å². The molecule has 1 aromatic carbocycles. The highest BCUT2D eigenvalue weighted by Crippen LogP contribution is 2.29. The molecule has 2 aromatic heterocycles. The third-order valence-corrected chi connectivity index (χ3v) is 5.93. The molecule has 0 spiro atoms. The summed E-state index contributed by atoms with van der Waals surface area (Å²) in [5, 5.41) is 0. The Balaban J connectivity index is 1.42. The molecule has 0 aliphatic heterocycles. The van der Waals surface area contributed by atoms with Gasteiger partial charge >= 0.3 is 5.97 Å². The van der Waals surface area contributed by atoms with E-state index in [2.05, 4.69) is 32.7 Å². The molecule has 0 fully saturated rings. The van der Waals surface area contributed by atoms with Crippen LogP contribution < -0.4 is 9.30 Å². The lowest BCUT2D eigenvalue weighted by atomic mass is 10.1. The van der Waals surface area contributed by atoms with E-state index in [0.29, 0.717) is 25.4 Å². The number of carbonyl (C=O) groups is 1. The number of hydrogen-bond donors (Lipinski definition) is 0. The fraction of sp³-hybridized carbons (Fsp3) is 0.458. The average molecular weight is 500 g/mol. The number of carbonyl (C=O) groups excluding carboxylic acids is 1. The van der Waals surface area contributed by atoms with Gasteiger partial charge in [-0.05, 0) is 32.6 Å². The highest BCUT2D eigenvalue weighted by molar-refractivity contribution is 5.72. The van der Waals surface area contributed by atoms with E-state index in [4.69, 9.17) is 0 Å². The van der Waals surface area contributed by atoms with Crippen molar-refractivity contribution < 1.29 is 36.1 Å². The van der Waals surface area contributed by atoms with Gasteiger partial charge in [-0.3, -0.25) is 4.79 Å². The maximum Gasteiger partial charge on any atom is 0.311 e. The van der Waals surface area contributed by atoms with Crippen LogP contribution in [0.2, 0.25) is 0 Å². The van der Waals surface area contributed by atoms with Gasteiger partial charge in [0.2, 0.25) is 41.2 Å². The van der Waals surface area contributed by atoms with Crippen molar-refractivity contribution in [1.82, 2.24) is 14.1 Å². The van der Waals surface area contributed by atoms with Crippen LogP contribution in [0.5, 0.6) is 5.75 Å². The third-order valence-electron chi connectivity index (χ3n) is 5.93. The van der Waals surface area contributed by atoms with Gasteiger partial charge in [-0.2, -0.15) is 8.78 Å². The van der Waals surface area contributed by atoms with Crippen molar-refractivity contribution in [2.75, 3.05) is 0 Å². The van der Waals surface area contributed by atoms with Crippen molar-refractivity contribution in [1.29, 1.82) is 0 Å². The normalized spacial score (nSPS) is 13.1. The Labute approximate surface area is 200 Å². The Morgan fingerprint density at radius 2 is 1.69 bits per heavy atom. The second kappa shape index (κ2) is 11.9. The van der Waals surface area contributed by atoms with Gasteiger partial charge in [0.15, 0.2) is 0 Å². The quantitative estimate of drug-likeness (QED) is 0.0635. The molecule has 0 saturated carbocycles. The number of aromatic nitrogens is 4. The Hall–Kier alpha value is -3.24. The van der Waals surface area contributed by atoms with E-state index in [9.17, 15) is 26.7 Å². The first kappa shape index (κ1) is 26.4. The Morgan fingerprint density at radius 1 is 1.00 bits per heavy atom. The Kier molecular flexibility index (Phi) is 9.00. The molecule has 190 valence electrons. The van der Waals surface area contributed by atoms with Crippen molar-refractivity contribution in [2.24, 2.45) is 0 Å². The zero-order valence-electron chi connectivity index (χ0n) is 19.6. The van der Waals surface area contributed by atoms with Crippen molar-refractivity contribution in [3.05, 3.63) is 66.5 Å². The maximum absolute atomic E-state index is 13.6. The van der Waals surface area contributed by atoms with E-state index in [1.807, 2.05) is 35.8 Å². The molecular weight excluding hydrogens is 471 g/mol. The molecule has 11 heteroatoms. The molecule has 2 atom stereocenters. The summed E-state index contributed by atoms with van der Waals surface area (Å²) >= 11 is 0. The van der Waals surface area contributed by atoms with Crippen LogP contribution >= 0.6 is 0 Å². The zero-order valence-corrected chi connectivity index (χ0v) is 19.6. The molecule has 0 saturated heterocycles. The smallest absolute Gasteiger partial charge is 0.311 e. The lowest BCUT2D eigenvalue weighted by Gasteiger charge is -2.19. The average Bonchev–Trinajstić information content (AvgIpc) is 3.55. The molecule has 0 bridgehead atoms. The molecule has 35 heavy (non-hydrogen) atoms. The summed E-state index contributed by atoms with van der Waals surface area (Å²) in [4.78, 5) is 15.9. The summed E-state index contributed by atoms with van der Waals surface area (Å²) in [5.41, 5.74) is 0. The number of imidazole rings is 2. The zero-order chi connectivity index (χ0) is 25.5. The number of rotatable bonds is 12. The monoisotopic (exact) mass is 499 g/mol. The van der Waals surface area contributed by atoms with Crippen LogP contribution in [-0.2, 0) is 11.3 Å². The molecule has 3 aromatic rings. The minimum absolute atomic E-state index is 0.213. The first-order valence-corrected chi connectivity index (χ1v) is 11.5. The van der Waals surface area contributed by atoms with E-state index < -0.39 is 40.8 Å². The number of ether oxygens (including phenoxy) is 1. The Morgan fingerprint density at radius 3 is 2.31 bits per heavy atom. The predicted octanol–water partition coefficient (Wildman–Crippen LogP) is 5.44. The predicted molar refractivity (Wildman–Crippen MR) is 116 cm³/mol. The summed E-state index contributed by atoms with van der Waals surface area (Å²) in [6.45, 7) is 5.00. The number of esters is 1. The molecule has 0 aliphatic carbocycles. The largest absolute Gasteiger partial charge is 0.420 e. The van der Waals surface area contributed by atoms with E-state index >= 15 is 0 Å². The van der Waals surface area contributed by atoms with Gasteiger partial charge in [0.1, 0.15) is 12.4 Å². The molecule has 0 radical (unpaired) electrons. The van der Waals surface area contributed by atoms with Crippen LogP contribution in [0.1, 0.15) is 64.5 Å². The fourth-order valence-electron chi connectivity index (χ4n) is 3.88. The topological polar surface area (TPSA) is 52.9 Å². The van der Waals surface area contributed by atoms with Crippen LogP contribution in [-0.4, -0.2) is 20.1 Å². The number of halogens is 5. The number of aryl methyl sites for hydroxylation is 1. The molecule has 0 amide bonds. The Bertz CT molecular complexity index is 1100. The van der Waals surface area contributed by atoms with Crippen LogP contribution in [0.4, 0.5) is 22.0 Å². The van der Waals surface area contributed by atoms with Crippen molar-refractivity contribution >= 4 is 5.97 Å². The summed E-state index contributed by atoms with van der Waals surface area (Å²) < 4.78 is 77.4. The van der Waals surface area contributed by atoms with Crippen LogP contribution in [0.25, 0.3) is 0 Å². The standard InChI is InChI=1S/C24H28F5N4O2/c1-3-17(32-10-8-30-14-32)13-16(2)33-12-11-31(15-33)9-6-4-5-7-18(34)35-24-22(28)20(26)19(25)21(27)23(24)29/h8,10-12,14-17H,3-7,9,13H2,1-2H3/q+1. The number of unbranched alkanes of at least 4 members (excludes halogenated alkanes) is 2.